The Bertz CT molecular complexity index is 864. The molecule has 0 spiro atoms. The molecule has 7 heteroatoms. The van der Waals surface area contributed by atoms with Crippen molar-refractivity contribution in [1.82, 2.24) is 15.0 Å². The van der Waals surface area contributed by atoms with Gasteiger partial charge in [0.25, 0.3) is 0 Å². The normalized spacial score (nSPS) is 13.2. The first-order chi connectivity index (χ1) is 12.1. The van der Waals surface area contributed by atoms with Gasteiger partial charge in [-0.1, -0.05) is 59.3 Å². The Kier molecular flexibility index (Phi) is 4.90. The van der Waals surface area contributed by atoms with Crippen LogP contribution >= 0.6 is 11.6 Å². The van der Waals surface area contributed by atoms with Crippen LogP contribution in [0.4, 0.5) is 0 Å². The number of rotatable bonds is 6. The van der Waals surface area contributed by atoms with Crippen LogP contribution in [0.15, 0.2) is 67.0 Å². The third-order valence-electron chi connectivity index (χ3n) is 3.86. The van der Waals surface area contributed by atoms with E-state index in [-0.39, 0.29) is 0 Å². The number of carboxylic acids is 1. The Balaban J connectivity index is 2.10. The molecule has 0 bridgehead atoms. The third-order valence-corrected chi connectivity index (χ3v) is 4.11. The number of ketones is 1. The number of carboxylic acid groups (broad SMARTS) is 1. The van der Waals surface area contributed by atoms with Gasteiger partial charge >= 0.3 is 5.97 Å². The zero-order valence-electron chi connectivity index (χ0n) is 13.0. The van der Waals surface area contributed by atoms with Crippen molar-refractivity contribution in [2.75, 3.05) is 0 Å². The summed E-state index contributed by atoms with van der Waals surface area (Å²) in [7, 11) is 0. The van der Waals surface area contributed by atoms with Crippen molar-refractivity contribution in [3.63, 3.8) is 0 Å². The van der Waals surface area contributed by atoms with E-state index in [1.165, 1.54) is 17.1 Å². The van der Waals surface area contributed by atoms with Crippen LogP contribution in [0.25, 0.3) is 0 Å². The standard InChI is InChI=1S/C18H14ClN3O3/c19-14-8-6-12(7-9-14)16(22-11-10-20-21-22)15(18(24)25)17(23)13-4-2-1-3-5-13/h1-11,15-16H,(H,24,25). The molecule has 0 saturated heterocycles. The van der Waals surface area contributed by atoms with Crippen molar-refractivity contribution in [2.24, 2.45) is 5.92 Å². The highest BCUT2D eigenvalue weighted by Gasteiger charge is 2.38. The Hall–Kier alpha value is -2.99. The number of halogens is 1. The minimum Gasteiger partial charge on any atom is -0.481 e. The number of nitrogens with zero attached hydrogens (tertiary/aromatic N) is 3. The molecular formula is C18H14ClN3O3. The second kappa shape index (κ2) is 7.27. The topological polar surface area (TPSA) is 85.1 Å². The van der Waals surface area contributed by atoms with Crippen molar-refractivity contribution in [2.45, 2.75) is 6.04 Å². The number of hydrogen-bond donors (Lipinski definition) is 1. The first kappa shape index (κ1) is 16.9. The molecule has 3 rings (SSSR count). The molecule has 1 heterocycles. The molecule has 0 amide bonds. The SMILES string of the molecule is O=C(O)C(C(=O)c1ccccc1)C(c1ccc(Cl)cc1)n1ccnn1. The summed E-state index contributed by atoms with van der Waals surface area (Å²) in [6.45, 7) is 0. The molecule has 2 atom stereocenters. The molecule has 0 aliphatic heterocycles. The largest absolute Gasteiger partial charge is 0.481 e. The highest BCUT2D eigenvalue weighted by atomic mass is 35.5. The van der Waals surface area contributed by atoms with Crippen molar-refractivity contribution < 1.29 is 14.7 Å². The fourth-order valence-electron chi connectivity index (χ4n) is 2.70. The predicted octanol–water partition coefficient (Wildman–Crippen LogP) is 3.10. The van der Waals surface area contributed by atoms with Gasteiger partial charge < -0.3 is 5.11 Å². The van der Waals surface area contributed by atoms with Crippen molar-refractivity contribution in [3.05, 3.63) is 83.1 Å². The van der Waals surface area contributed by atoms with Gasteiger partial charge in [0.15, 0.2) is 5.78 Å². The van der Waals surface area contributed by atoms with Crippen LogP contribution in [0.3, 0.4) is 0 Å². The van der Waals surface area contributed by atoms with Crippen LogP contribution in [0.2, 0.25) is 5.02 Å². The number of benzene rings is 2. The van der Waals surface area contributed by atoms with E-state index in [0.717, 1.165) is 0 Å². The number of hydrogen-bond acceptors (Lipinski definition) is 4. The van der Waals surface area contributed by atoms with Gasteiger partial charge in [0.05, 0.1) is 12.2 Å². The van der Waals surface area contributed by atoms with Crippen LogP contribution in [0.1, 0.15) is 22.0 Å². The van der Waals surface area contributed by atoms with Gasteiger partial charge in [-0.2, -0.15) is 0 Å². The summed E-state index contributed by atoms with van der Waals surface area (Å²) in [4.78, 5) is 24.9. The third kappa shape index (κ3) is 3.59. The van der Waals surface area contributed by atoms with Crippen molar-refractivity contribution in [1.29, 1.82) is 0 Å². The van der Waals surface area contributed by atoms with Crippen molar-refractivity contribution >= 4 is 23.4 Å². The minimum atomic E-state index is -1.36. The van der Waals surface area contributed by atoms with Crippen LogP contribution in [0.5, 0.6) is 0 Å². The summed E-state index contributed by atoms with van der Waals surface area (Å²) in [5, 5.41) is 18.0. The van der Waals surface area contributed by atoms with E-state index >= 15 is 0 Å². The summed E-state index contributed by atoms with van der Waals surface area (Å²) in [5.41, 5.74) is 0.931. The molecule has 0 aliphatic rings. The summed E-state index contributed by atoms with van der Waals surface area (Å²) >= 11 is 5.92. The van der Waals surface area contributed by atoms with Gasteiger partial charge in [0.2, 0.25) is 0 Å². The lowest BCUT2D eigenvalue weighted by molar-refractivity contribution is -0.141. The lowest BCUT2D eigenvalue weighted by atomic mass is 9.86. The van der Waals surface area contributed by atoms with E-state index in [4.69, 9.17) is 11.6 Å². The average Bonchev–Trinajstić information content (AvgIpc) is 3.14. The predicted molar refractivity (Wildman–Crippen MR) is 91.5 cm³/mol. The summed E-state index contributed by atoms with van der Waals surface area (Å²) < 4.78 is 1.38. The van der Waals surface area contributed by atoms with E-state index in [0.29, 0.717) is 16.1 Å². The highest BCUT2D eigenvalue weighted by molar-refractivity contribution is 6.30. The number of aliphatic carboxylic acids is 1. The molecule has 1 N–H and O–H groups in total. The van der Waals surface area contributed by atoms with E-state index < -0.39 is 23.7 Å². The van der Waals surface area contributed by atoms with E-state index in [9.17, 15) is 14.7 Å². The van der Waals surface area contributed by atoms with E-state index in [1.54, 1.807) is 54.6 Å². The van der Waals surface area contributed by atoms with Gasteiger partial charge in [-0.3, -0.25) is 9.59 Å². The molecule has 2 unspecified atom stereocenters. The monoisotopic (exact) mass is 355 g/mol. The molecule has 25 heavy (non-hydrogen) atoms. The van der Waals surface area contributed by atoms with E-state index in [1.807, 2.05) is 0 Å². The molecule has 0 aliphatic carbocycles. The fourth-order valence-corrected chi connectivity index (χ4v) is 2.82. The van der Waals surface area contributed by atoms with E-state index in [2.05, 4.69) is 10.3 Å². The van der Waals surface area contributed by atoms with Gasteiger partial charge in [-0.15, -0.1) is 5.10 Å². The van der Waals surface area contributed by atoms with Gasteiger partial charge in [-0.05, 0) is 17.7 Å². The molecule has 0 radical (unpaired) electrons. The number of carbonyl (C=O) groups is 2. The van der Waals surface area contributed by atoms with Gasteiger partial charge in [0, 0.05) is 16.8 Å². The Labute approximate surface area is 148 Å². The molecule has 6 nitrogen and oxygen atoms in total. The highest BCUT2D eigenvalue weighted by Crippen LogP contribution is 2.30. The summed E-state index contributed by atoms with van der Waals surface area (Å²) in [6, 6.07) is 14.2. The fraction of sp³-hybridized carbons (Fsp3) is 0.111. The summed E-state index contributed by atoms with van der Waals surface area (Å²) in [5.74, 6) is -3.09. The molecule has 126 valence electrons. The molecule has 2 aromatic carbocycles. The molecule has 3 aromatic rings. The lowest BCUT2D eigenvalue weighted by Crippen LogP contribution is -2.34. The molecule has 0 saturated carbocycles. The number of Topliss-reactive ketones (excluding diaryl/α,β-unsaturated/α-hetero) is 1. The Morgan fingerprint density at radius 2 is 1.72 bits per heavy atom. The smallest absolute Gasteiger partial charge is 0.317 e. The minimum absolute atomic E-state index is 0.328. The van der Waals surface area contributed by atoms with Gasteiger partial charge in [-0.25, -0.2) is 4.68 Å². The maximum atomic E-state index is 12.9. The number of carbonyl (C=O) groups excluding carboxylic acids is 1. The average molecular weight is 356 g/mol. The second-order valence-corrected chi connectivity index (χ2v) is 5.86. The first-order valence-electron chi connectivity index (χ1n) is 7.51. The second-order valence-electron chi connectivity index (χ2n) is 5.43. The van der Waals surface area contributed by atoms with Crippen LogP contribution in [-0.2, 0) is 4.79 Å². The van der Waals surface area contributed by atoms with Crippen molar-refractivity contribution in [3.8, 4) is 0 Å². The molecule has 0 fully saturated rings. The summed E-state index contributed by atoms with van der Waals surface area (Å²) in [6.07, 6.45) is 2.97. The lowest BCUT2D eigenvalue weighted by Gasteiger charge is -2.23. The number of aromatic nitrogens is 3. The molecular weight excluding hydrogens is 342 g/mol. The Morgan fingerprint density at radius 1 is 1.04 bits per heavy atom. The zero-order chi connectivity index (χ0) is 17.8. The first-order valence-corrected chi connectivity index (χ1v) is 7.89. The maximum Gasteiger partial charge on any atom is 0.317 e. The maximum absolute atomic E-state index is 12.9. The van der Waals surface area contributed by atoms with Crippen LogP contribution in [-0.4, -0.2) is 31.9 Å². The Morgan fingerprint density at radius 3 is 2.28 bits per heavy atom. The van der Waals surface area contributed by atoms with Gasteiger partial charge in [0.1, 0.15) is 5.92 Å². The zero-order valence-corrected chi connectivity index (χ0v) is 13.7. The molecule has 1 aromatic heterocycles. The van der Waals surface area contributed by atoms with Crippen LogP contribution in [0, 0.1) is 5.92 Å². The quantitative estimate of drug-likeness (QED) is 0.542. The van der Waals surface area contributed by atoms with Crippen LogP contribution < -0.4 is 0 Å².